The van der Waals surface area contributed by atoms with E-state index in [2.05, 4.69) is 28.6 Å². The van der Waals surface area contributed by atoms with Crippen molar-refractivity contribution in [3.8, 4) is 11.5 Å². The Bertz CT molecular complexity index is 1420. The van der Waals surface area contributed by atoms with Crippen LogP contribution < -0.4 is 10.9 Å². The molecule has 2 aromatic rings. The van der Waals surface area contributed by atoms with Gasteiger partial charge in [-0.2, -0.15) is 13.5 Å². The normalized spacial score (nSPS) is 10.7. The zero-order valence-electron chi connectivity index (χ0n) is 29.7. The monoisotopic (exact) mass is 791 g/mol. The Hall–Kier alpha value is -2.70. The third-order valence-corrected chi connectivity index (χ3v) is 5.12. The van der Waals surface area contributed by atoms with Crippen LogP contribution in [0.5, 0.6) is 11.5 Å². The maximum atomic E-state index is 10.4. The quantitative estimate of drug-likeness (QED) is 0.196. The molecule has 1 aliphatic heterocycles. The Balaban J connectivity index is -0.0000000654. The lowest BCUT2D eigenvalue weighted by atomic mass is 10.5. The predicted octanol–water partition coefficient (Wildman–Crippen LogP) is 6.15. The van der Waals surface area contributed by atoms with E-state index in [0.29, 0.717) is 12.9 Å². The van der Waals surface area contributed by atoms with Gasteiger partial charge in [-0.25, -0.2) is 17.7 Å². The summed E-state index contributed by atoms with van der Waals surface area (Å²) in [6.07, 6.45) is 6.75. The standard InChI is InChI=1S/C5H4O3.C4H4O2.C3H5N3.C3H9NO2S.C3H9O2P.C2H8NOP.2C2H6.CH4O3S.2CH4/c6-4-1-2-8-3-5(4)7;5-4-1-2-6-3-4;1-3-4-2-5-6-3;1-4(2)7(3,5)6;1-5-6(2,3)4;1-5(2,3)4;2*1-2;1-5(2,3)4;;/h1-3,7H;1-3,5H;2H2,1H3;1-3H3;1-3H3;1-2H3,(H2,3,4);2*1-2H3;1H3,(H,2,3,4);2*1H4. The lowest BCUT2D eigenvalue weighted by Crippen LogP contribution is -2.19. The Morgan fingerprint density at radius 2 is 1.22 bits per heavy atom. The molecule has 0 amide bonds. The smallest absolute Gasteiger partial charge is 0.261 e. The van der Waals surface area contributed by atoms with Crippen molar-refractivity contribution in [1.82, 2.24) is 4.31 Å². The van der Waals surface area contributed by atoms with Gasteiger partial charge in [-0.05, 0) is 6.92 Å². The van der Waals surface area contributed by atoms with Crippen LogP contribution in [-0.4, -0.2) is 109 Å². The zero-order valence-corrected chi connectivity index (χ0v) is 33.1. The highest BCUT2D eigenvalue weighted by Gasteiger charge is 2.01. The van der Waals surface area contributed by atoms with E-state index in [9.17, 15) is 30.8 Å². The Labute approximate surface area is 294 Å². The van der Waals surface area contributed by atoms with Gasteiger partial charge in [0.25, 0.3) is 10.1 Å². The minimum atomic E-state index is -3.67. The van der Waals surface area contributed by atoms with Crippen molar-refractivity contribution >= 4 is 40.6 Å². The molecule has 5 N–H and O–H groups in total. The Morgan fingerprint density at radius 1 is 0.898 bits per heavy atom. The molecule has 18 nitrogen and oxygen atoms in total. The van der Waals surface area contributed by atoms with Crippen molar-refractivity contribution < 1.29 is 54.1 Å². The first-order chi connectivity index (χ1) is 21.1. The lowest BCUT2D eigenvalue weighted by molar-refractivity contribution is 0.404. The molecule has 0 saturated heterocycles. The third-order valence-electron chi connectivity index (χ3n) is 2.92. The molecule has 0 aromatic carbocycles. The highest BCUT2D eigenvalue weighted by atomic mass is 32.2. The van der Waals surface area contributed by atoms with Gasteiger partial charge < -0.3 is 28.1 Å². The van der Waals surface area contributed by atoms with Gasteiger partial charge in [0.1, 0.15) is 25.7 Å². The van der Waals surface area contributed by atoms with Gasteiger partial charge in [0.2, 0.25) is 15.5 Å². The fourth-order valence-corrected chi connectivity index (χ4v) is 0.905. The molecule has 296 valence electrons. The molecule has 0 atom stereocenters. The molecular weight excluding hydrogens is 728 g/mol. The molecule has 0 radical (unpaired) electrons. The van der Waals surface area contributed by atoms with E-state index < -0.39 is 40.2 Å². The van der Waals surface area contributed by atoms with Crippen molar-refractivity contribution in [2.24, 2.45) is 20.7 Å². The van der Waals surface area contributed by atoms with E-state index >= 15 is 0 Å². The molecule has 0 aliphatic carbocycles. The van der Waals surface area contributed by atoms with Crippen molar-refractivity contribution in [3.05, 3.63) is 47.4 Å². The van der Waals surface area contributed by atoms with Crippen LogP contribution in [-0.2, 0) is 33.8 Å². The van der Waals surface area contributed by atoms with E-state index in [4.69, 9.17) is 20.3 Å². The number of aliphatic imine (C=N–C) groups is 1. The van der Waals surface area contributed by atoms with Crippen LogP contribution in [0.1, 0.15) is 49.5 Å². The fourth-order valence-electron chi connectivity index (χ4n) is 0.905. The molecule has 1 aliphatic rings. The number of azo groups is 1. The number of furan rings is 1. The first-order valence-electron chi connectivity index (χ1n) is 13.2. The number of nitrogens with two attached hydrogens (primary N) is 1. The largest absolute Gasteiger partial charge is 0.505 e. The molecule has 2 aromatic heterocycles. The van der Waals surface area contributed by atoms with Gasteiger partial charge in [-0.1, -0.05) is 42.5 Å². The van der Waals surface area contributed by atoms with Crippen LogP contribution in [0.3, 0.4) is 0 Å². The molecule has 0 spiro atoms. The minimum absolute atomic E-state index is 0. The summed E-state index contributed by atoms with van der Waals surface area (Å²) in [4.78, 5) is 14.1. The minimum Gasteiger partial charge on any atom is -0.505 e. The second-order valence-corrected chi connectivity index (χ2v) is 17.9. The van der Waals surface area contributed by atoms with Crippen LogP contribution in [0.4, 0.5) is 0 Å². The van der Waals surface area contributed by atoms with E-state index in [1.54, 1.807) is 13.3 Å². The van der Waals surface area contributed by atoms with Gasteiger partial charge >= 0.3 is 0 Å². The molecule has 0 unspecified atom stereocenters. The van der Waals surface area contributed by atoms with Crippen molar-refractivity contribution in [2.75, 3.05) is 67.0 Å². The highest BCUT2D eigenvalue weighted by Crippen LogP contribution is 2.35. The number of sulfonamides is 1. The summed E-state index contributed by atoms with van der Waals surface area (Å²) in [5, 5.41) is 24.1. The number of nitrogens with zero attached hydrogens (tertiary/aromatic N) is 4. The molecular formula is C27H63N5O13P2S2. The summed E-state index contributed by atoms with van der Waals surface area (Å²) in [5.74, 6) is 0.609. The van der Waals surface area contributed by atoms with E-state index in [0.717, 1.165) is 28.7 Å². The van der Waals surface area contributed by atoms with Crippen LogP contribution in [0.2, 0.25) is 0 Å². The lowest BCUT2D eigenvalue weighted by Gasteiger charge is -2.02. The Morgan fingerprint density at radius 3 is 1.33 bits per heavy atom. The molecule has 0 fully saturated rings. The zero-order chi connectivity index (χ0) is 39.1. The summed E-state index contributed by atoms with van der Waals surface area (Å²) in [6.45, 7) is 16.6. The summed E-state index contributed by atoms with van der Waals surface area (Å²) in [6, 6.07) is 2.62. The summed E-state index contributed by atoms with van der Waals surface area (Å²) in [5.41, 5.74) is 4.49. The van der Waals surface area contributed by atoms with Crippen molar-refractivity contribution in [3.63, 3.8) is 0 Å². The first-order valence-corrected chi connectivity index (χ1v) is 22.1. The SMILES string of the molecule is C.C.CC.CC.CC1=NCN=N1.CN(C)S(C)(=O)=O.COP(C)(C)=O.CP(C)(N)=O.CS(=O)(=O)O.O=c1ccocc1O.Oc1ccoc1. The second-order valence-electron chi connectivity index (χ2n) is 8.52. The number of hydrogen-bond acceptors (Lipinski definition) is 15. The second kappa shape index (κ2) is 36.6. The molecule has 0 saturated carbocycles. The van der Waals surface area contributed by atoms with Gasteiger partial charge in [0.15, 0.2) is 25.5 Å². The van der Waals surface area contributed by atoms with Crippen LogP contribution in [0, 0.1) is 0 Å². The van der Waals surface area contributed by atoms with E-state index in [1.807, 2.05) is 34.6 Å². The topological polar surface area (TPSA) is 282 Å². The maximum Gasteiger partial charge on any atom is 0.261 e. The average molecular weight is 792 g/mol. The predicted molar refractivity (Wildman–Crippen MR) is 202 cm³/mol. The van der Waals surface area contributed by atoms with E-state index in [1.165, 1.54) is 59.4 Å². The first kappa shape index (κ1) is 64.8. The van der Waals surface area contributed by atoms with Gasteiger partial charge in [0, 0.05) is 60.0 Å². The summed E-state index contributed by atoms with van der Waals surface area (Å²) < 4.78 is 81.3. The number of rotatable bonds is 2. The van der Waals surface area contributed by atoms with Crippen LogP contribution in [0.25, 0.3) is 0 Å². The fraction of sp³-hybridized carbons (Fsp3) is 0.630. The number of amidine groups is 1. The maximum absolute atomic E-state index is 10.4. The van der Waals surface area contributed by atoms with Crippen LogP contribution in [0.15, 0.2) is 66.0 Å². The van der Waals surface area contributed by atoms with Crippen molar-refractivity contribution in [1.29, 1.82) is 0 Å². The molecule has 0 bridgehead atoms. The molecule has 3 rings (SSSR count). The van der Waals surface area contributed by atoms with Gasteiger partial charge in [-0.3, -0.25) is 19.4 Å². The van der Waals surface area contributed by atoms with Crippen LogP contribution >= 0.6 is 14.7 Å². The van der Waals surface area contributed by atoms with E-state index in [-0.39, 0.29) is 26.4 Å². The highest BCUT2D eigenvalue weighted by molar-refractivity contribution is 7.88. The third kappa shape index (κ3) is 86.7. The number of aromatic hydroxyl groups is 2. The molecule has 49 heavy (non-hydrogen) atoms. The summed E-state index contributed by atoms with van der Waals surface area (Å²) in [7, 11) is -6.42. The molecule has 3 heterocycles. The van der Waals surface area contributed by atoms with Gasteiger partial charge in [0.05, 0.1) is 25.0 Å². The number of hydrogen-bond donors (Lipinski definition) is 4. The summed E-state index contributed by atoms with van der Waals surface area (Å²) >= 11 is 0. The van der Waals surface area contributed by atoms with Crippen molar-refractivity contribution in [2.45, 2.75) is 49.5 Å². The van der Waals surface area contributed by atoms with Gasteiger partial charge in [-0.15, -0.1) is 5.11 Å². The molecule has 22 heteroatoms. The average Bonchev–Trinajstić information content (AvgIpc) is 3.60. The Kier molecular flexibility index (Phi) is 48.3.